The molecule has 0 aliphatic rings. The molecular weight excluding hydrogens is 556 g/mol. The fourth-order valence-electron chi connectivity index (χ4n) is 8.71. The first-order valence-corrected chi connectivity index (χ1v) is 16.1. The molecule has 46 heavy (non-hydrogen) atoms. The van der Waals surface area contributed by atoms with Crippen molar-refractivity contribution in [2.24, 2.45) is 0 Å². The summed E-state index contributed by atoms with van der Waals surface area (Å²) < 4.78 is 5.11. The monoisotopic (exact) mass is 584 g/mol. The minimum atomic E-state index is 1.26. The van der Waals surface area contributed by atoms with Crippen LogP contribution in [-0.2, 0) is 0 Å². The van der Waals surface area contributed by atoms with E-state index in [2.05, 4.69) is 156 Å². The standard InChI is InChI=1S/C44H28N2/c1-25-11-3-5-13-29(25)27-19-21-33-37(23-27)45-35-17-9-7-15-31(35)40-42-34-22-20-28(30-14-6-4-12-26(30)2)24-38(34)46-36-18-10-8-16-32(36)39(44(42)46)41(33)43(40)45/h3-24H,1-2H3. The molecule has 0 fully saturated rings. The maximum Gasteiger partial charge on any atom is 0.0634 e. The summed E-state index contributed by atoms with van der Waals surface area (Å²) in [5.41, 5.74) is 15.4. The fraction of sp³-hybridized carbons (Fsp3) is 0.0455. The highest BCUT2D eigenvalue weighted by atomic mass is 14.9. The van der Waals surface area contributed by atoms with Crippen LogP contribution in [0.4, 0.5) is 0 Å². The Morgan fingerprint density at radius 3 is 1.15 bits per heavy atom. The molecule has 0 N–H and O–H groups in total. The number of rotatable bonds is 2. The van der Waals surface area contributed by atoms with E-state index in [0.29, 0.717) is 0 Å². The Labute approximate surface area is 265 Å². The smallest absolute Gasteiger partial charge is 0.0634 e. The summed E-state index contributed by atoms with van der Waals surface area (Å²) in [5, 5.41) is 10.7. The third kappa shape index (κ3) is 2.84. The van der Waals surface area contributed by atoms with Gasteiger partial charge in [-0.2, -0.15) is 0 Å². The molecule has 0 atom stereocenters. The lowest BCUT2D eigenvalue weighted by Gasteiger charge is -2.07. The molecule has 7 aromatic carbocycles. The number of aryl methyl sites for hydroxylation is 2. The van der Waals surface area contributed by atoms with E-state index in [1.165, 1.54) is 110 Å². The summed E-state index contributed by atoms with van der Waals surface area (Å²) in [7, 11) is 0. The maximum absolute atomic E-state index is 2.55. The first-order chi connectivity index (χ1) is 22.7. The van der Waals surface area contributed by atoms with Crippen LogP contribution in [0.1, 0.15) is 11.1 Å². The largest absolute Gasteiger partial charge is 0.308 e. The third-order valence-corrected chi connectivity index (χ3v) is 10.7. The Balaban J connectivity index is 1.41. The average Bonchev–Trinajstić information content (AvgIpc) is 3.81. The zero-order valence-electron chi connectivity index (χ0n) is 25.6. The van der Waals surface area contributed by atoms with E-state index in [0.717, 1.165) is 0 Å². The summed E-state index contributed by atoms with van der Waals surface area (Å²) in [6.07, 6.45) is 0. The van der Waals surface area contributed by atoms with Crippen LogP contribution in [0, 0.1) is 13.8 Å². The molecule has 214 valence electrons. The predicted molar refractivity (Wildman–Crippen MR) is 196 cm³/mol. The van der Waals surface area contributed by atoms with Gasteiger partial charge in [0.25, 0.3) is 0 Å². The summed E-state index contributed by atoms with van der Waals surface area (Å²) in [5.74, 6) is 0. The molecule has 0 spiro atoms. The van der Waals surface area contributed by atoms with Gasteiger partial charge in [-0.1, -0.05) is 109 Å². The highest BCUT2D eigenvalue weighted by Crippen LogP contribution is 2.52. The second kappa shape index (κ2) is 8.44. The Hall–Kier alpha value is -5.86. The minimum Gasteiger partial charge on any atom is -0.308 e. The van der Waals surface area contributed by atoms with Crippen LogP contribution in [0.15, 0.2) is 133 Å². The zero-order valence-corrected chi connectivity index (χ0v) is 25.6. The molecule has 2 nitrogen and oxygen atoms in total. The number of hydrogen-bond donors (Lipinski definition) is 0. The van der Waals surface area contributed by atoms with Crippen LogP contribution in [0.2, 0.25) is 0 Å². The number of hydrogen-bond acceptors (Lipinski definition) is 0. The lowest BCUT2D eigenvalue weighted by Crippen LogP contribution is -1.85. The summed E-state index contributed by atoms with van der Waals surface area (Å²) in [4.78, 5) is 0. The molecule has 0 amide bonds. The zero-order chi connectivity index (χ0) is 30.3. The van der Waals surface area contributed by atoms with Gasteiger partial charge >= 0.3 is 0 Å². The van der Waals surface area contributed by atoms with Gasteiger partial charge in [0, 0.05) is 43.1 Å². The van der Waals surface area contributed by atoms with Gasteiger partial charge in [0.15, 0.2) is 0 Å². The van der Waals surface area contributed by atoms with Crippen LogP contribution in [0.5, 0.6) is 0 Å². The molecule has 0 saturated heterocycles. The van der Waals surface area contributed by atoms with Crippen molar-refractivity contribution in [1.82, 2.24) is 8.80 Å². The molecule has 4 aromatic heterocycles. The average molecular weight is 585 g/mol. The minimum absolute atomic E-state index is 1.26. The van der Waals surface area contributed by atoms with E-state index in [-0.39, 0.29) is 0 Å². The van der Waals surface area contributed by atoms with Crippen LogP contribution in [-0.4, -0.2) is 8.80 Å². The molecule has 0 aliphatic heterocycles. The predicted octanol–water partition coefficient (Wildman–Crippen LogP) is 11.9. The fourth-order valence-corrected chi connectivity index (χ4v) is 8.71. The number of para-hydroxylation sites is 2. The Kier molecular flexibility index (Phi) is 4.49. The molecule has 0 unspecified atom stereocenters. The Morgan fingerprint density at radius 2 is 0.717 bits per heavy atom. The molecule has 0 saturated carbocycles. The molecular formula is C44H28N2. The van der Waals surface area contributed by atoms with Crippen molar-refractivity contribution in [3.8, 4) is 22.3 Å². The van der Waals surface area contributed by atoms with Crippen molar-refractivity contribution in [3.63, 3.8) is 0 Å². The second-order valence-corrected chi connectivity index (χ2v) is 13.0. The van der Waals surface area contributed by atoms with Gasteiger partial charge in [0.1, 0.15) is 0 Å². The first kappa shape index (κ1) is 24.5. The first-order valence-electron chi connectivity index (χ1n) is 16.1. The molecule has 0 aliphatic carbocycles. The van der Waals surface area contributed by atoms with Crippen LogP contribution < -0.4 is 0 Å². The highest BCUT2D eigenvalue weighted by Gasteiger charge is 2.28. The van der Waals surface area contributed by atoms with Crippen molar-refractivity contribution < 1.29 is 0 Å². The Bertz CT molecular complexity index is 2830. The summed E-state index contributed by atoms with van der Waals surface area (Å²) >= 11 is 0. The van der Waals surface area contributed by atoms with Crippen molar-refractivity contribution in [2.75, 3.05) is 0 Å². The van der Waals surface area contributed by atoms with Gasteiger partial charge in [-0.3, -0.25) is 0 Å². The number of aromatic nitrogens is 2. The molecule has 2 heteroatoms. The second-order valence-electron chi connectivity index (χ2n) is 13.0. The van der Waals surface area contributed by atoms with Crippen molar-refractivity contribution in [3.05, 3.63) is 145 Å². The normalized spacial score (nSPS) is 12.6. The highest BCUT2D eigenvalue weighted by molar-refractivity contribution is 6.45. The Morgan fingerprint density at radius 1 is 0.348 bits per heavy atom. The van der Waals surface area contributed by atoms with Crippen LogP contribution in [0.3, 0.4) is 0 Å². The van der Waals surface area contributed by atoms with Gasteiger partial charge in [0.2, 0.25) is 0 Å². The van der Waals surface area contributed by atoms with Crippen LogP contribution in [0.25, 0.3) is 98.4 Å². The van der Waals surface area contributed by atoms with Crippen LogP contribution >= 0.6 is 0 Å². The van der Waals surface area contributed by atoms with Gasteiger partial charge in [-0.05, 0) is 71.5 Å². The number of benzene rings is 7. The molecule has 11 aromatic rings. The topological polar surface area (TPSA) is 8.82 Å². The van der Waals surface area contributed by atoms with E-state index >= 15 is 0 Å². The maximum atomic E-state index is 2.55. The quantitative estimate of drug-likeness (QED) is 0.191. The molecule has 0 bridgehead atoms. The van der Waals surface area contributed by atoms with Crippen molar-refractivity contribution in [2.45, 2.75) is 13.8 Å². The van der Waals surface area contributed by atoms with E-state index in [9.17, 15) is 0 Å². The lowest BCUT2D eigenvalue weighted by molar-refractivity contribution is 1.36. The van der Waals surface area contributed by atoms with E-state index in [1.807, 2.05) is 0 Å². The van der Waals surface area contributed by atoms with Gasteiger partial charge < -0.3 is 8.80 Å². The summed E-state index contributed by atoms with van der Waals surface area (Å²) in [6, 6.07) is 49.7. The number of fused-ring (bicyclic) bond motifs is 14. The van der Waals surface area contributed by atoms with E-state index in [4.69, 9.17) is 0 Å². The van der Waals surface area contributed by atoms with E-state index < -0.39 is 0 Å². The van der Waals surface area contributed by atoms with E-state index in [1.54, 1.807) is 0 Å². The molecule has 11 rings (SSSR count). The van der Waals surface area contributed by atoms with Crippen molar-refractivity contribution >= 4 is 76.2 Å². The van der Waals surface area contributed by atoms with Gasteiger partial charge in [-0.15, -0.1) is 0 Å². The number of nitrogens with zero attached hydrogens (tertiary/aromatic N) is 2. The van der Waals surface area contributed by atoms with Gasteiger partial charge in [-0.25, -0.2) is 0 Å². The van der Waals surface area contributed by atoms with Gasteiger partial charge in [0.05, 0.1) is 33.1 Å². The lowest BCUT2D eigenvalue weighted by atomic mass is 9.95. The molecule has 0 radical (unpaired) electrons. The summed E-state index contributed by atoms with van der Waals surface area (Å²) in [6.45, 7) is 4.42. The molecule has 4 heterocycles. The third-order valence-electron chi connectivity index (χ3n) is 10.7. The van der Waals surface area contributed by atoms with Crippen molar-refractivity contribution in [1.29, 1.82) is 0 Å². The SMILES string of the molecule is Cc1ccccc1-c1ccc2c3c4c5ccccc5n5c6cc(-c7ccccc7C)ccc6c(c6c7ccccc7n(c2c1)c63)c45.